The first kappa shape index (κ1) is 21.2. The third-order valence-corrected chi connectivity index (χ3v) is 6.92. The molecule has 2 aromatic heterocycles. The van der Waals surface area contributed by atoms with Gasteiger partial charge in [0.15, 0.2) is 5.69 Å². The van der Waals surface area contributed by atoms with Gasteiger partial charge in [0.05, 0.1) is 23.8 Å². The first-order chi connectivity index (χ1) is 14.2. The summed E-state index contributed by atoms with van der Waals surface area (Å²) in [6.07, 6.45) is 1.13. The first-order valence-electron chi connectivity index (χ1n) is 9.81. The van der Waals surface area contributed by atoms with E-state index in [2.05, 4.69) is 21.8 Å². The molecule has 30 heavy (non-hydrogen) atoms. The monoisotopic (exact) mass is 440 g/mol. The van der Waals surface area contributed by atoms with Crippen molar-refractivity contribution < 1.29 is 17.9 Å². The van der Waals surface area contributed by atoms with E-state index in [1.165, 1.54) is 22.9 Å². The van der Waals surface area contributed by atoms with Crippen molar-refractivity contribution in [2.45, 2.75) is 48.3 Å². The fourth-order valence-electron chi connectivity index (χ4n) is 4.26. The summed E-state index contributed by atoms with van der Waals surface area (Å²) in [4.78, 5) is 22.8. The minimum Gasteiger partial charge on any atom is -0.378 e. The summed E-state index contributed by atoms with van der Waals surface area (Å²) in [5.41, 5.74) is -1.17. The normalized spacial score (nSPS) is 21.4. The number of halogens is 3. The highest BCUT2D eigenvalue weighted by atomic mass is 32.2. The van der Waals surface area contributed by atoms with Gasteiger partial charge in [-0.25, -0.2) is 4.98 Å². The Balaban J connectivity index is 1.54. The summed E-state index contributed by atoms with van der Waals surface area (Å²) >= 11 is 0.739. The summed E-state index contributed by atoms with van der Waals surface area (Å²) in [6.45, 7) is 4.40. The molecular weight excluding hydrogens is 417 g/mol. The lowest BCUT2D eigenvalue weighted by molar-refractivity contribution is -0.143. The number of anilines is 1. The molecule has 0 bridgehead atoms. The van der Waals surface area contributed by atoms with Gasteiger partial charge in [0.2, 0.25) is 5.95 Å². The van der Waals surface area contributed by atoms with E-state index in [0.29, 0.717) is 5.95 Å². The van der Waals surface area contributed by atoms with Crippen molar-refractivity contribution in [3.63, 3.8) is 0 Å². The topological polar surface area (TPSA) is 60.2 Å². The molecule has 2 saturated heterocycles. The van der Waals surface area contributed by atoms with Crippen molar-refractivity contribution in [1.82, 2.24) is 14.5 Å². The van der Waals surface area contributed by atoms with Crippen LogP contribution in [0.2, 0.25) is 0 Å². The third-order valence-electron chi connectivity index (χ3n) is 5.87. The minimum absolute atomic E-state index is 0.119. The second-order valence-electron chi connectivity index (χ2n) is 8.05. The molecule has 10 heteroatoms. The average Bonchev–Trinajstić information content (AvgIpc) is 3.06. The number of piperidine rings is 1. The summed E-state index contributed by atoms with van der Waals surface area (Å²) in [5.74, 6) is 0.536. The van der Waals surface area contributed by atoms with Crippen LogP contribution in [0, 0.1) is 5.41 Å². The molecule has 0 aliphatic carbocycles. The zero-order valence-corrected chi connectivity index (χ0v) is 17.6. The van der Waals surface area contributed by atoms with Gasteiger partial charge in [-0.3, -0.25) is 14.3 Å². The molecule has 162 valence electrons. The lowest BCUT2D eigenvalue weighted by Gasteiger charge is -2.39. The fraction of sp³-hybridized carbons (Fsp3) is 0.550. The third kappa shape index (κ3) is 4.07. The van der Waals surface area contributed by atoms with Crippen LogP contribution in [0.4, 0.5) is 19.1 Å². The summed E-state index contributed by atoms with van der Waals surface area (Å²) in [5, 5.41) is 0. The highest BCUT2D eigenvalue weighted by Gasteiger charge is 2.41. The van der Waals surface area contributed by atoms with E-state index in [1.54, 1.807) is 7.05 Å². The van der Waals surface area contributed by atoms with Crippen molar-refractivity contribution in [3.8, 4) is 0 Å². The van der Waals surface area contributed by atoms with Crippen molar-refractivity contribution >= 4 is 17.7 Å². The maximum Gasteiger partial charge on any atom is 0.434 e. The summed E-state index contributed by atoms with van der Waals surface area (Å²) in [6, 6.07) is 2.73. The van der Waals surface area contributed by atoms with E-state index in [1.807, 2.05) is 0 Å². The second-order valence-corrected chi connectivity index (χ2v) is 9.13. The largest absolute Gasteiger partial charge is 0.434 e. The Morgan fingerprint density at radius 2 is 1.97 bits per heavy atom. The molecule has 2 aliphatic rings. The van der Waals surface area contributed by atoms with Crippen LogP contribution >= 0.6 is 11.8 Å². The summed E-state index contributed by atoms with van der Waals surface area (Å²) < 4.78 is 46.8. The van der Waals surface area contributed by atoms with Crippen molar-refractivity contribution in [1.29, 1.82) is 0 Å². The van der Waals surface area contributed by atoms with Crippen LogP contribution in [-0.4, -0.2) is 40.3 Å². The Kier molecular flexibility index (Phi) is 5.56. The van der Waals surface area contributed by atoms with Crippen LogP contribution in [-0.2, 0) is 18.0 Å². The lowest BCUT2D eigenvalue weighted by Crippen LogP contribution is -2.43. The minimum atomic E-state index is -4.59. The number of rotatable bonds is 3. The zero-order valence-electron chi connectivity index (χ0n) is 16.8. The van der Waals surface area contributed by atoms with Crippen molar-refractivity contribution in [2.75, 3.05) is 24.6 Å². The van der Waals surface area contributed by atoms with Crippen LogP contribution in [0.5, 0.6) is 0 Å². The van der Waals surface area contributed by atoms with Gasteiger partial charge in [0.25, 0.3) is 5.56 Å². The molecule has 0 amide bonds. The first-order valence-corrected chi connectivity index (χ1v) is 10.6. The van der Waals surface area contributed by atoms with Crippen LogP contribution in [0.3, 0.4) is 0 Å². The number of alkyl halides is 3. The standard InChI is InChI=1S/C20H23F3N4O2S/c1-13-10-19(12-29-13)5-8-27(9-6-19)18-25-11-15(17(28)26(18)2)30-14-4-3-7-24-16(14)20(21,22)23/h3-4,7,11,13H,5-6,8-10,12H2,1-2H3/t13-/m0/s1. The number of aromatic nitrogens is 3. The number of pyridine rings is 1. The van der Waals surface area contributed by atoms with Crippen molar-refractivity contribution in [3.05, 3.63) is 40.6 Å². The SMILES string of the molecule is C[C@H]1CC2(CCN(c3ncc(Sc4cccnc4C(F)(F)F)c(=O)n3C)CC2)CO1. The molecule has 4 rings (SSSR count). The van der Waals surface area contributed by atoms with Crippen LogP contribution < -0.4 is 10.5 Å². The molecule has 2 fully saturated rings. The highest BCUT2D eigenvalue weighted by molar-refractivity contribution is 7.99. The highest BCUT2D eigenvalue weighted by Crippen LogP contribution is 2.42. The van der Waals surface area contributed by atoms with Crippen LogP contribution in [0.15, 0.2) is 39.1 Å². The Morgan fingerprint density at radius 1 is 1.23 bits per heavy atom. The number of hydrogen-bond donors (Lipinski definition) is 0. The Labute approximate surface area is 176 Å². The van der Waals surface area contributed by atoms with E-state index >= 15 is 0 Å². The number of nitrogens with zero attached hydrogens (tertiary/aromatic N) is 4. The van der Waals surface area contributed by atoms with Gasteiger partial charge < -0.3 is 9.64 Å². The van der Waals surface area contributed by atoms with Gasteiger partial charge in [-0.05, 0) is 43.7 Å². The van der Waals surface area contributed by atoms with Crippen LogP contribution in [0.25, 0.3) is 0 Å². The van der Waals surface area contributed by atoms with E-state index in [4.69, 9.17) is 4.74 Å². The van der Waals surface area contributed by atoms with Gasteiger partial charge in [0, 0.05) is 31.2 Å². The molecule has 1 atom stereocenters. The molecule has 2 aromatic rings. The van der Waals surface area contributed by atoms with Gasteiger partial charge in [-0.1, -0.05) is 11.8 Å². The Morgan fingerprint density at radius 3 is 2.60 bits per heavy atom. The van der Waals surface area contributed by atoms with Crippen LogP contribution in [0.1, 0.15) is 31.9 Å². The molecule has 4 heterocycles. The predicted octanol–water partition coefficient (Wildman–Crippen LogP) is 3.74. The Hall–Kier alpha value is -2.07. The molecule has 0 aromatic carbocycles. The van der Waals surface area contributed by atoms with Gasteiger partial charge in [-0.15, -0.1) is 0 Å². The molecule has 6 nitrogen and oxygen atoms in total. The molecule has 2 aliphatic heterocycles. The van der Waals surface area contributed by atoms with E-state index in [9.17, 15) is 18.0 Å². The Bertz CT molecular complexity index is 987. The predicted molar refractivity (Wildman–Crippen MR) is 107 cm³/mol. The maximum absolute atomic E-state index is 13.2. The molecule has 1 spiro atoms. The number of hydrogen-bond acceptors (Lipinski definition) is 6. The van der Waals surface area contributed by atoms with Gasteiger partial charge in [0.1, 0.15) is 0 Å². The lowest BCUT2D eigenvalue weighted by atomic mass is 9.77. The fourth-order valence-corrected chi connectivity index (χ4v) is 5.24. The van der Waals surface area contributed by atoms with Gasteiger partial charge >= 0.3 is 6.18 Å². The smallest absolute Gasteiger partial charge is 0.378 e. The molecule has 0 N–H and O–H groups in total. The quantitative estimate of drug-likeness (QED) is 0.725. The van der Waals surface area contributed by atoms with Crippen molar-refractivity contribution in [2.24, 2.45) is 12.5 Å². The molecule has 0 unspecified atom stereocenters. The number of ether oxygens (including phenoxy) is 1. The van der Waals surface area contributed by atoms with E-state index < -0.39 is 11.9 Å². The van der Waals surface area contributed by atoms with E-state index in [0.717, 1.165) is 56.9 Å². The average molecular weight is 440 g/mol. The summed E-state index contributed by atoms with van der Waals surface area (Å²) in [7, 11) is 1.60. The maximum atomic E-state index is 13.2. The van der Waals surface area contributed by atoms with Gasteiger partial charge in [-0.2, -0.15) is 13.2 Å². The molecular formula is C20H23F3N4O2S. The molecule has 0 saturated carbocycles. The molecule has 0 radical (unpaired) electrons. The van der Waals surface area contributed by atoms with E-state index in [-0.39, 0.29) is 26.9 Å². The second kappa shape index (κ2) is 7.88. The zero-order chi connectivity index (χ0) is 21.5.